The summed E-state index contributed by atoms with van der Waals surface area (Å²) < 4.78 is 18.3. The first-order valence-corrected chi connectivity index (χ1v) is 9.67. The molecular formula is C20H30O10. The molecule has 0 radical (unpaired) electrons. The number of esters is 4. The van der Waals surface area contributed by atoms with E-state index >= 15 is 0 Å². The van der Waals surface area contributed by atoms with Crippen LogP contribution in [0.1, 0.15) is 38.5 Å². The minimum atomic E-state index is -0.632. The standard InChI is InChI=1S/C10H16O5.C10H14O5/c2*1-14-9(12)6-3-7(10(13)15-2)5-8(11)4-6/h6-8,11H,3-5H2,1-2H3;6-7H,3-5H2,1-2H3. The van der Waals surface area contributed by atoms with Crippen molar-refractivity contribution in [3.05, 3.63) is 0 Å². The second kappa shape index (κ2) is 12.3. The van der Waals surface area contributed by atoms with Crippen LogP contribution in [0.3, 0.4) is 0 Å². The molecule has 0 aliphatic heterocycles. The van der Waals surface area contributed by atoms with Gasteiger partial charge in [-0.1, -0.05) is 0 Å². The number of aliphatic hydroxyl groups excluding tert-OH is 1. The molecule has 2 aliphatic rings. The smallest absolute Gasteiger partial charge is 0.309 e. The minimum absolute atomic E-state index is 0.0907. The quantitative estimate of drug-likeness (QED) is 0.492. The molecule has 170 valence electrons. The Morgan fingerprint density at radius 3 is 1.27 bits per heavy atom. The van der Waals surface area contributed by atoms with Gasteiger partial charge in [-0.2, -0.15) is 0 Å². The van der Waals surface area contributed by atoms with Gasteiger partial charge in [-0.3, -0.25) is 24.0 Å². The Hall–Kier alpha value is -2.49. The number of hydrogen-bond donors (Lipinski definition) is 1. The Labute approximate surface area is 175 Å². The number of ether oxygens (including phenoxy) is 4. The lowest BCUT2D eigenvalue weighted by molar-refractivity contribution is -0.155. The summed E-state index contributed by atoms with van der Waals surface area (Å²) in [5.74, 6) is -3.50. The number of carbonyl (C=O) groups excluding carboxylic acids is 5. The SMILES string of the molecule is COC(=O)C1CC(=O)CC(C(=O)OC)C1.COC(=O)C1CC(O)CC(C(=O)OC)C1. The van der Waals surface area contributed by atoms with Gasteiger partial charge in [-0.05, 0) is 25.7 Å². The first kappa shape index (κ1) is 25.5. The molecule has 0 spiro atoms. The van der Waals surface area contributed by atoms with Crippen molar-refractivity contribution in [2.24, 2.45) is 23.7 Å². The molecule has 4 atom stereocenters. The molecule has 0 aromatic rings. The molecule has 2 rings (SSSR count). The van der Waals surface area contributed by atoms with E-state index < -0.39 is 41.7 Å². The summed E-state index contributed by atoms with van der Waals surface area (Å²) in [7, 11) is 5.15. The lowest BCUT2D eigenvalue weighted by atomic mass is 9.80. The number of carbonyl (C=O) groups is 5. The van der Waals surface area contributed by atoms with Crippen LogP contribution in [0.2, 0.25) is 0 Å². The molecule has 0 heterocycles. The van der Waals surface area contributed by atoms with E-state index in [1.807, 2.05) is 0 Å². The predicted octanol–water partition coefficient (Wildman–Crippen LogP) is 0.427. The van der Waals surface area contributed by atoms with Gasteiger partial charge in [0.05, 0.1) is 58.2 Å². The van der Waals surface area contributed by atoms with Gasteiger partial charge in [-0.25, -0.2) is 0 Å². The van der Waals surface area contributed by atoms with Crippen LogP contribution in [-0.4, -0.2) is 69.3 Å². The van der Waals surface area contributed by atoms with Gasteiger partial charge in [0, 0.05) is 12.8 Å². The van der Waals surface area contributed by atoms with Crippen molar-refractivity contribution >= 4 is 29.7 Å². The Morgan fingerprint density at radius 2 is 0.933 bits per heavy atom. The van der Waals surface area contributed by atoms with Crippen molar-refractivity contribution in [1.82, 2.24) is 0 Å². The van der Waals surface area contributed by atoms with Crippen LogP contribution >= 0.6 is 0 Å². The van der Waals surface area contributed by atoms with Crippen LogP contribution in [0, 0.1) is 23.7 Å². The average molecular weight is 430 g/mol. The number of hydrogen-bond acceptors (Lipinski definition) is 10. The van der Waals surface area contributed by atoms with Crippen molar-refractivity contribution in [2.45, 2.75) is 44.6 Å². The molecule has 30 heavy (non-hydrogen) atoms. The Morgan fingerprint density at radius 1 is 0.633 bits per heavy atom. The molecule has 1 N–H and O–H groups in total. The predicted molar refractivity (Wildman–Crippen MR) is 101 cm³/mol. The Balaban J connectivity index is 0.000000300. The molecule has 0 aromatic carbocycles. The maximum atomic E-state index is 11.3. The summed E-state index contributed by atoms with van der Waals surface area (Å²) in [5, 5.41) is 9.52. The second-order valence-electron chi connectivity index (χ2n) is 7.42. The highest BCUT2D eigenvalue weighted by atomic mass is 16.5. The molecule has 0 aromatic heterocycles. The summed E-state index contributed by atoms with van der Waals surface area (Å²) in [6.45, 7) is 0. The second-order valence-corrected chi connectivity index (χ2v) is 7.42. The molecule has 10 heteroatoms. The lowest BCUT2D eigenvalue weighted by Gasteiger charge is -2.29. The third-order valence-electron chi connectivity index (χ3n) is 5.34. The highest BCUT2D eigenvalue weighted by Crippen LogP contribution is 2.31. The number of ketones is 1. The average Bonchev–Trinajstić information content (AvgIpc) is 2.76. The van der Waals surface area contributed by atoms with Crippen LogP contribution in [-0.2, 0) is 42.9 Å². The normalized spacial score (nSPS) is 28.3. The number of Topliss-reactive ketones (excluding diaryl/α,β-unsaturated/α-hetero) is 1. The number of aliphatic hydroxyl groups is 1. The van der Waals surface area contributed by atoms with Gasteiger partial charge in [0.1, 0.15) is 5.78 Å². The summed E-state index contributed by atoms with van der Waals surface area (Å²) in [6.07, 6.45) is 1.16. The molecule has 2 fully saturated rings. The summed E-state index contributed by atoms with van der Waals surface area (Å²) in [5.41, 5.74) is 0. The maximum absolute atomic E-state index is 11.3. The van der Waals surface area contributed by atoms with Crippen LogP contribution in [0.15, 0.2) is 0 Å². The van der Waals surface area contributed by atoms with E-state index in [0.717, 1.165) is 0 Å². The molecule has 2 aliphatic carbocycles. The third-order valence-corrected chi connectivity index (χ3v) is 5.34. The van der Waals surface area contributed by atoms with E-state index in [1.165, 1.54) is 28.4 Å². The molecule has 10 nitrogen and oxygen atoms in total. The van der Waals surface area contributed by atoms with Crippen LogP contribution in [0.5, 0.6) is 0 Å². The number of methoxy groups -OCH3 is 4. The van der Waals surface area contributed by atoms with Gasteiger partial charge in [0.15, 0.2) is 0 Å². The zero-order valence-corrected chi connectivity index (χ0v) is 17.8. The van der Waals surface area contributed by atoms with Crippen molar-refractivity contribution < 1.29 is 48.0 Å². The zero-order valence-electron chi connectivity index (χ0n) is 17.8. The fraction of sp³-hybridized carbons (Fsp3) is 0.750. The molecule has 2 saturated carbocycles. The van der Waals surface area contributed by atoms with Gasteiger partial charge >= 0.3 is 23.9 Å². The van der Waals surface area contributed by atoms with Crippen molar-refractivity contribution in [1.29, 1.82) is 0 Å². The Bertz CT molecular complexity index is 593. The lowest BCUT2D eigenvalue weighted by Crippen LogP contribution is -2.35. The van der Waals surface area contributed by atoms with Crippen LogP contribution in [0.25, 0.3) is 0 Å². The van der Waals surface area contributed by atoms with E-state index in [-0.39, 0.29) is 30.6 Å². The highest BCUT2D eigenvalue weighted by molar-refractivity contribution is 5.90. The molecule has 0 bridgehead atoms. The van der Waals surface area contributed by atoms with Gasteiger partial charge < -0.3 is 24.1 Å². The summed E-state index contributed by atoms with van der Waals surface area (Å²) in [6, 6.07) is 0. The van der Waals surface area contributed by atoms with Crippen molar-refractivity contribution in [3.8, 4) is 0 Å². The number of rotatable bonds is 4. The van der Waals surface area contributed by atoms with E-state index in [1.54, 1.807) is 0 Å². The monoisotopic (exact) mass is 430 g/mol. The van der Waals surface area contributed by atoms with Gasteiger partial charge in [0.25, 0.3) is 0 Å². The minimum Gasteiger partial charge on any atom is -0.469 e. The van der Waals surface area contributed by atoms with E-state index in [4.69, 9.17) is 0 Å². The van der Waals surface area contributed by atoms with Gasteiger partial charge in [0.2, 0.25) is 0 Å². The molecule has 4 unspecified atom stereocenters. The van der Waals surface area contributed by atoms with Gasteiger partial charge in [-0.15, -0.1) is 0 Å². The van der Waals surface area contributed by atoms with E-state index in [0.29, 0.717) is 25.7 Å². The summed E-state index contributed by atoms with van der Waals surface area (Å²) in [4.78, 5) is 56.4. The third kappa shape index (κ3) is 7.40. The van der Waals surface area contributed by atoms with Crippen LogP contribution in [0.4, 0.5) is 0 Å². The van der Waals surface area contributed by atoms with E-state index in [9.17, 15) is 29.1 Å². The maximum Gasteiger partial charge on any atom is 0.309 e. The van der Waals surface area contributed by atoms with E-state index in [2.05, 4.69) is 18.9 Å². The fourth-order valence-corrected chi connectivity index (χ4v) is 3.84. The fourth-order valence-electron chi connectivity index (χ4n) is 3.84. The largest absolute Gasteiger partial charge is 0.469 e. The first-order valence-electron chi connectivity index (χ1n) is 9.67. The molecule has 0 saturated heterocycles. The topological polar surface area (TPSA) is 142 Å². The highest BCUT2D eigenvalue weighted by Gasteiger charge is 2.37. The molecular weight excluding hydrogens is 400 g/mol. The van der Waals surface area contributed by atoms with Crippen molar-refractivity contribution in [3.63, 3.8) is 0 Å². The zero-order chi connectivity index (χ0) is 22.8. The first-order chi connectivity index (χ1) is 14.2. The Kier molecular flexibility index (Phi) is 10.4. The van der Waals surface area contributed by atoms with Crippen LogP contribution < -0.4 is 0 Å². The summed E-state index contributed by atoms with van der Waals surface area (Å²) >= 11 is 0. The molecule has 0 amide bonds. The van der Waals surface area contributed by atoms with Crippen molar-refractivity contribution in [2.75, 3.05) is 28.4 Å².